The molecule has 4 heteroatoms. The zero-order valence-electron chi connectivity index (χ0n) is 12.3. The van der Waals surface area contributed by atoms with Gasteiger partial charge in [-0.05, 0) is 39.8 Å². The number of nitrogen functional groups attached to an aromatic ring is 1. The fourth-order valence-corrected chi connectivity index (χ4v) is 2.13. The first kappa shape index (κ1) is 13.5. The van der Waals surface area contributed by atoms with Crippen molar-refractivity contribution < 1.29 is 0 Å². The number of rotatable bonds is 3. The molecule has 1 aromatic heterocycles. The second kappa shape index (κ2) is 4.96. The Balaban J connectivity index is 2.48. The molecule has 0 fully saturated rings. The maximum atomic E-state index is 6.18. The Morgan fingerprint density at radius 3 is 2.26 bits per heavy atom. The highest BCUT2D eigenvalue weighted by molar-refractivity contribution is 5.73. The van der Waals surface area contributed by atoms with Crippen LogP contribution in [-0.2, 0) is 0 Å². The molecule has 0 unspecified atom stereocenters. The lowest BCUT2D eigenvalue weighted by atomic mass is 10.2. The average molecular weight is 258 g/mol. The van der Waals surface area contributed by atoms with Gasteiger partial charge in [0.2, 0.25) is 0 Å². The van der Waals surface area contributed by atoms with E-state index in [1.807, 2.05) is 18.7 Å². The van der Waals surface area contributed by atoms with Gasteiger partial charge in [0, 0.05) is 18.8 Å². The molecule has 0 aliphatic carbocycles. The molecule has 19 heavy (non-hydrogen) atoms. The summed E-state index contributed by atoms with van der Waals surface area (Å²) in [6.07, 6.45) is 0. The fourth-order valence-electron chi connectivity index (χ4n) is 2.13. The van der Waals surface area contributed by atoms with Crippen molar-refractivity contribution in [2.75, 3.05) is 17.7 Å². The second-order valence-electron chi connectivity index (χ2n) is 5.26. The molecule has 1 heterocycles. The van der Waals surface area contributed by atoms with Crippen LogP contribution in [0.3, 0.4) is 0 Å². The highest BCUT2D eigenvalue weighted by Gasteiger charge is 2.19. The SMILES string of the molecule is Cc1ccc(N(C)c2c(N)c(C)nn2C(C)C)cc1. The van der Waals surface area contributed by atoms with Crippen molar-refractivity contribution in [1.82, 2.24) is 9.78 Å². The molecule has 1 aromatic carbocycles. The molecular formula is C15H22N4. The minimum atomic E-state index is 0.277. The predicted molar refractivity (Wildman–Crippen MR) is 81.0 cm³/mol. The van der Waals surface area contributed by atoms with Crippen LogP contribution in [-0.4, -0.2) is 16.8 Å². The summed E-state index contributed by atoms with van der Waals surface area (Å²) < 4.78 is 1.98. The molecule has 0 radical (unpaired) electrons. The summed E-state index contributed by atoms with van der Waals surface area (Å²) in [6, 6.07) is 8.68. The summed E-state index contributed by atoms with van der Waals surface area (Å²) >= 11 is 0. The number of anilines is 3. The Morgan fingerprint density at radius 2 is 1.74 bits per heavy atom. The first-order chi connectivity index (χ1) is 8.91. The lowest BCUT2D eigenvalue weighted by Crippen LogP contribution is -2.17. The van der Waals surface area contributed by atoms with E-state index < -0.39 is 0 Å². The van der Waals surface area contributed by atoms with E-state index in [4.69, 9.17) is 5.73 Å². The van der Waals surface area contributed by atoms with Crippen molar-refractivity contribution in [3.63, 3.8) is 0 Å². The van der Waals surface area contributed by atoms with Crippen molar-refractivity contribution in [2.45, 2.75) is 33.7 Å². The molecule has 0 saturated carbocycles. The van der Waals surface area contributed by atoms with E-state index in [9.17, 15) is 0 Å². The van der Waals surface area contributed by atoms with Crippen LogP contribution in [0.1, 0.15) is 31.1 Å². The zero-order chi connectivity index (χ0) is 14.2. The van der Waals surface area contributed by atoms with Crippen LogP contribution in [0.2, 0.25) is 0 Å². The van der Waals surface area contributed by atoms with E-state index in [1.165, 1.54) is 5.56 Å². The molecule has 2 rings (SSSR count). The fraction of sp³-hybridized carbons (Fsp3) is 0.400. The third-order valence-electron chi connectivity index (χ3n) is 3.33. The summed E-state index contributed by atoms with van der Waals surface area (Å²) in [5, 5.41) is 4.52. The van der Waals surface area contributed by atoms with Gasteiger partial charge in [-0.1, -0.05) is 17.7 Å². The Bertz CT molecular complexity index is 567. The van der Waals surface area contributed by atoms with Crippen LogP contribution in [0, 0.1) is 13.8 Å². The molecule has 4 nitrogen and oxygen atoms in total. The van der Waals surface area contributed by atoms with Crippen molar-refractivity contribution in [2.24, 2.45) is 0 Å². The van der Waals surface area contributed by atoms with Crippen LogP contribution >= 0.6 is 0 Å². The molecule has 2 aromatic rings. The Labute approximate surface area is 114 Å². The van der Waals surface area contributed by atoms with Crippen molar-refractivity contribution in [3.05, 3.63) is 35.5 Å². The lowest BCUT2D eigenvalue weighted by Gasteiger charge is -2.23. The predicted octanol–water partition coefficient (Wildman–Crippen LogP) is 3.43. The third kappa shape index (κ3) is 2.43. The lowest BCUT2D eigenvalue weighted by molar-refractivity contribution is 0.531. The topological polar surface area (TPSA) is 47.1 Å². The van der Waals surface area contributed by atoms with Crippen LogP contribution < -0.4 is 10.6 Å². The second-order valence-corrected chi connectivity index (χ2v) is 5.26. The first-order valence-corrected chi connectivity index (χ1v) is 6.56. The molecule has 0 amide bonds. The summed E-state index contributed by atoms with van der Waals surface area (Å²) in [4.78, 5) is 2.09. The van der Waals surface area contributed by atoms with Crippen LogP contribution in [0.25, 0.3) is 0 Å². The van der Waals surface area contributed by atoms with Crippen LogP contribution in [0.15, 0.2) is 24.3 Å². The van der Waals surface area contributed by atoms with Crippen molar-refractivity contribution in [3.8, 4) is 0 Å². The first-order valence-electron chi connectivity index (χ1n) is 6.56. The van der Waals surface area contributed by atoms with Crippen molar-refractivity contribution in [1.29, 1.82) is 0 Å². The monoisotopic (exact) mass is 258 g/mol. The standard InChI is InChI=1S/C15H22N4/c1-10(2)19-15(14(16)12(4)17-19)18(5)13-8-6-11(3)7-9-13/h6-10H,16H2,1-5H3. The summed E-state index contributed by atoms with van der Waals surface area (Å²) in [6.45, 7) is 8.25. The number of hydrogen-bond acceptors (Lipinski definition) is 3. The number of benzene rings is 1. The average Bonchev–Trinajstić information content (AvgIpc) is 2.66. The minimum Gasteiger partial charge on any atom is -0.394 e. The minimum absolute atomic E-state index is 0.277. The third-order valence-corrected chi connectivity index (χ3v) is 3.33. The molecular weight excluding hydrogens is 236 g/mol. The number of aryl methyl sites for hydroxylation is 2. The van der Waals surface area contributed by atoms with Gasteiger partial charge >= 0.3 is 0 Å². The van der Waals surface area contributed by atoms with Crippen molar-refractivity contribution >= 4 is 17.2 Å². The molecule has 0 aliphatic rings. The van der Waals surface area contributed by atoms with E-state index in [0.29, 0.717) is 0 Å². The van der Waals surface area contributed by atoms with Crippen LogP contribution in [0.4, 0.5) is 17.2 Å². The highest BCUT2D eigenvalue weighted by Crippen LogP contribution is 2.33. The molecule has 0 spiro atoms. The maximum absolute atomic E-state index is 6.18. The van der Waals surface area contributed by atoms with E-state index in [1.54, 1.807) is 0 Å². The van der Waals surface area contributed by atoms with E-state index >= 15 is 0 Å². The quantitative estimate of drug-likeness (QED) is 0.917. The van der Waals surface area contributed by atoms with Gasteiger partial charge in [-0.15, -0.1) is 0 Å². The Hall–Kier alpha value is -1.97. The Morgan fingerprint density at radius 1 is 1.16 bits per heavy atom. The molecule has 2 N–H and O–H groups in total. The Kier molecular flexibility index (Phi) is 3.51. The van der Waals surface area contributed by atoms with E-state index in [0.717, 1.165) is 22.9 Å². The number of nitrogens with two attached hydrogens (primary N) is 1. The normalized spacial score (nSPS) is 11.1. The largest absolute Gasteiger partial charge is 0.394 e. The molecule has 0 atom stereocenters. The van der Waals surface area contributed by atoms with Gasteiger partial charge < -0.3 is 10.6 Å². The molecule has 0 saturated heterocycles. The number of hydrogen-bond donors (Lipinski definition) is 1. The summed E-state index contributed by atoms with van der Waals surface area (Å²) in [5.74, 6) is 0.955. The van der Waals surface area contributed by atoms with Gasteiger partial charge in [0.1, 0.15) is 0 Å². The van der Waals surface area contributed by atoms with E-state index in [2.05, 4.69) is 55.0 Å². The van der Waals surface area contributed by atoms with Gasteiger partial charge in [-0.25, -0.2) is 4.68 Å². The number of aromatic nitrogens is 2. The van der Waals surface area contributed by atoms with Gasteiger partial charge in [0.05, 0.1) is 11.4 Å². The molecule has 102 valence electrons. The smallest absolute Gasteiger partial charge is 0.155 e. The molecule has 0 aliphatic heterocycles. The molecule has 0 bridgehead atoms. The highest BCUT2D eigenvalue weighted by atomic mass is 15.4. The zero-order valence-corrected chi connectivity index (χ0v) is 12.3. The van der Waals surface area contributed by atoms with Crippen LogP contribution in [0.5, 0.6) is 0 Å². The van der Waals surface area contributed by atoms with Gasteiger partial charge in [-0.3, -0.25) is 0 Å². The van der Waals surface area contributed by atoms with Gasteiger partial charge in [-0.2, -0.15) is 5.10 Å². The summed E-state index contributed by atoms with van der Waals surface area (Å²) in [5.41, 5.74) is 10.2. The maximum Gasteiger partial charge on any atom is 0.155 e. The van der Waals surface area contributed by atoms with Gasteiger partial charge in [0.15, 0.2) is 5.82 Å². The van der Waals surface area contributed by atoms with E-state index in [-0.39, 0.29) is 6.04 Å². The number of nitrogens with zero attached hydrogens (tertiary/aromatic N) is 3. The van der Waals surface area contributed by atoms with Gasteiger partial charge in [0.25, 0.3) is 0 Å². The summed E-state index contributed by atoms with van der Waals surface area (Å²) in [7, 11) is 2.02.